The van der Waals surface area contributed by atoms with E-state index in [-0.39, 0.29) is 17.4 Å². The Morgan fingerprint density at radius 3 is 2.71 bits per heavy atom. The Kier molecular flexibility index (Phi) is 7.24. The van der Waals surface area contributed by atoms with Crippen molar-refractivity contribution < 1.29 is 23.0 Å². The SMILES string of the molecule is COc1ccc(NC(=O)[C@H](N)CCSC)cc1OC(F)F. The molecule has 0 unspecified atom stereocenters. The van der Waals surface area contributed by atoms with Crippen LogP contribution in [0.25, 0.3) is 0 Å². The Morgan fingerprint density at radius 1 is 1.43 bits per heavy atom. The van der Waals surface area contributed by atoms with E-state index >= 15 is 0 Å². The first-order valence-electron chi connectivity index (χ1n) is 6.16. The van der Waals surface area contributed by atoms with Gasteiger partial charge in [0.05, 0.1) is 13.2 Å². The first kappa shape index (κ1) is 17.5. The predicted molar refractivity (Wildman–Crippen MR) is 79.2 cm³/mol. The number of hydrogen-bond donors (Lipinski definition) is 2. The Morgan fingerprint density at radius 2 is 2.14 bits per heavy atom. The Balaban J connectivity index is 2.77. The lowest BCUT2D eigenvalue weighted by atomic mass is 10.2. The minimum absolute atomic E-state index is 0.150. The number of hydrogen-bond acceptors (Lipinski definition) is 5. The largest absolute Gasteiger partial charge is 0.493 e. The van der Waals surface area contributed by atoms with E-state index in [2.05, 4.69) is 10.1 Å². The maximum atomic E-state index is 12.3. The zero-order valence-corrected chi connectivity index (χ0v) is 12.6. The van der Waals surface area contributed by atoms with Gasteiger partial charge in [-0.15, -0.1) is 0 Å². The highest BCUT2D eigenvalue weighted by Gasteiger charge is 2.15. The first-order valence-corrected chi connectivity index (χ1v) is 7.55. The zero-order chi connectivity index (χ0) is 15.8. The van der Waals surface area contributed by atoms with Crippen molar-refractivity contribution in [1.82, 2.24) is 0 Å². The fourth-order valence-corrected chi connectivity index (χ4v) is 2.04. The van der Waals surface area contributed by atoms with Gasteiger partial charge in [0.25, 0.3) is 0 Å². The van der Waals surface area contributed by atoms with Gasteiger partial charge in [0.1, 0.15) is 0 Å². The number of benzene rings is 1. The molecule has 0 aliphatic heterocycles. The molecule has 0 spiro atoms. The minimum atomic E-state index is -2.98. The van der Waals surface area contributed by atoms with E-state index in [1.165, 1.54) is 25.3 Å². The summed E-state index contributed by atoms with van der Waals surface area (Å²) in [5.41, 5.74) is 6.04. The van der Waals surface area contributed by atoms with Crippen LogP contribution in [-0.4, -0.2) is 37.7 Å². The van der Waals surface area contributed by atoms with Crippen LogP contribution in [0, 0.1) is 0 Å². The van der Waals surface area contributed by atoms with Crippen LogP contribution in [0.2, 0.25) is 0 Å². The molecule has 0 radical (unpaired) electrons. The molecule has 0 aliphatic rings. The molecule has 1 aromatic rings. The average molecular weight is 320 g/mol. The van der Waals surface area contributed by atoms with Crippen molar-refractivity contribution in [2.45, 2.75) is 19.1 Å². The summed E-state index contributed by atoms with van der Waals surface area (Å²) in [6, 6.07) is 3.57. The molecule has 8 heteroatoms. The van der Waals surface area contributed by atoms with Gasteiger partial charge in [-0.2, -0.15) is 20.5 Å². The van der Waals surface area contributed by atoms with Crippen LogP contribution in [0.5, 0.6) is 11.5 Å². The van der Waals surface area contributed by atoms with Gasteiger partial charge in [0.2, 0.25) is 5.91 Å². The van der Waals surface area contributed by atoms with Gasteiger partial charge >= 0.3 is 6.61 Å². The normalized spacial score (nSPS) is 12.1. The fraction of sp³-hybridized carbons (Fsp3) is 0.462. The van der Waals surface area contributed by atoms with Crippen LogP contribution in [0.4, 0.5) is 14.5 Å². The summed E-state index contributed by atoms with van der Waals surface area (Å²) < 4.78 is 33.9. The summed E-state index contributed by atoms with van der Waals surface area (Å²) in [5, 5.41) is 2.56. The van der Waals surface area contributed by atoms with Crippen molar-refractivity contribution in [2.24, 2.45) is 5.73 Å². The number of rotatable bonds is 8. The number of thioether (sulfide) groups is 1. The molecule has 5 nitrogen and oxygen atoms in total. The standard InChI is InChI=1S/C13H18F2N2O3S/c1-19-10-4-3-8(7-11(10)20-13(14)15)17-12(18)9(16)5-6-21-2/h3-4,7,9,13H,5-6,16H2,1-2H3,(H,17,18)/t9-/m1/s1. The van der Waals surface area contributed by atoms with Crippen LogP contribution in [0.1, 0.15) is 6.42 Å². The molecule has 0 saturated heterocycles. The molecule has 0 aliphatic carbocycles. The van der Waals surface area contributed by atoms with Crippen molar-refractivity contribution in [2.75, 3.05) is 24.4 Å². The summed E-state index contributed by atoms with van der Waals surface area (Å²) in [6.45, 7) is -2.98. The van der Waals surface area contributed by atoms with E-state index < -0.39 is 12.7 Å². The molecule has 0 fully saturated rings. The summed E-state index contributed by atoms with van der Waals surface area (Å²) in [6.07, 6.45) is 2.45. The van der Waals surface area contributed by atoms with E-state index in [1.807, 2.05) is 6.26 Å². The molecule has 0 saturated carbocycles. The van der Waals surface area contributed by atoms with Crippen LogP contribution in [0.15, 0.2) is 18.2 Å². The molecular formula is C13H18F2N2O3S. The molecule has 1 aromatic carbocycles. The van der Waals surface area contributed by atoms with Crippen molar-refractivity contribution in [3.63, 3.8) is 0 Å². The summed E-state index contributed by atoms with van der Waals surface area (Å²) >= 11 is 1.59. The minimum Gasteiger partial charge on any atom is -0.493 e. The smallest absolute Gasteiger partial charge is 0.387 e. The molecular weight excluding hydrogens is 302 g/mol. The van der Waals surface area contributed by atoms with Crippen molar-refractivity contribution in [3.05, 3.63) is 18.2 Å². The summed E-state index contributed by atoms with van der Waals surface area (Å²) in [5.74, 6) is 0.386. The van der Waals surface area contributed by atoms with Gasteiger partial charge in [0.15, 0.2) is 11.5 Å². The van der Waals surface area contributed by atoms with Gasteiger partial charge in [-0.3, -0.25) is 4.79 Å². The van der Waals surface area contributed by atoms with Gasteiger partial charge in [-0.05, 0) is 30.6 Å². The molecule has 3 N–H and O–H groups in total. The highest BCUT2D eigenvalue weighted by molar-refractivity contribution is 7.98. The molecule has 0 bridgehead atoms. The van der Waals surface area contributed by atoms with Gasteiger partial charge in [0, 0.05) is 11.8 Å². The van der Waals surface area contributed by atoms with Gasteiger partial charge < -0.3 is 20.5 Å². The van der Waals surface area contributed by atoms with Crippen LogP contribution in [0.3, 0.4) is 0 Å². The van der Waals surface area contributed by atoms with Crippen molar-refractivity contribution >= 4 is 23.4 Å². The third kappa shape index (κ3) is 5.76. The highest BCUT2D eigenvalue weighted by Crippen LogP contribution is 2.31. The molecule has 1 rings (SSSR count). The Labute approximate surface area is 126 Å². The number of halogens is 2. The lowest BCUT2D eigenvalue weighted by molar-refractivity contribution is -0.117. The lowest BCUT2D eigenvalue weighted by Gasteiger charge is -2.14. The van der Waals surface area contributed by atoms with Crippen molar-refractivity contribution in [1.29, 1.82) is 0 Å². The maximum absolute atomic E-state index is 12.3. The number of amides is 1. The second-order valence-electron chi connectivity index (χ2n) is 4.12. The topological polar surface area (TPSA) is 73.6 Å². The molecule has 21 heavy (non-hydrogen) atoms. The third-order valence-corrected chi connectivity index (χ3v) is 3.26. The molecule has 0 heterocycles. The lowest BCUT2D eigenvalue weighted by Crippen LogP contribution is -2.36. The third-order valence-electron chi connectivity index (χ3n) is 2.62. The number of alkyl halides is 2. The number of methoxy groups -OCH3 is 1. The van der Waals surface area contributed by atoms with E-state index in [4.69, 9.17) is 10.5 Å². The number of nitrogens with one attached hydrogen (secondary N) is 1. The number of ether oxygens (including phenoxy) is 2. The second-order valence-corrected chi connectivity index (χ2v) is 5.11. The average Bonchev–Trinajstić information content (AvgIpc) is 2.44. The van der Waals surface area contributed by atoms with Gasteiger partial charge in [-0.1, -0.05) is 0 Å². The second kappa shape index (κ2) is 8.68. The first-order chi connectivity index (χ1) is 9.97. The predicted octanol–water partition coefficient (Wildman–Crippen LogP) is 2.32. The number of carbonyl (C=O) groups is 1. The molecule has 0 aromatic heterocycles. The van der Waals surface area contributed by atoms with Gasteiger partial charge in [-0.25, -0.2) is 0 Å². The quantitative estimate of drug-likeness (QED) is 0.769. The van der Waals surface area contributed by atoms with E-state index in [9.17, 15) is 13.6 Å². The van der Waals surface area contributed by atoms with E-state index in [0.29, 0.717) is 12.1 Å². The maximum Gasteiger partial charge on any atom is 0.387 e. The summed E-state index contributed by atoms with van der Waals surface area (Å²) in [7, 11) is 1.34. The fourth-order valence-electron chi connectivity index (χ4n) is 1.55. The molecule has 118 valence electrons. The Hall–Kier alpha value is -1.54. The van der Waals surface area contributed by atoms with Crippen LogP contribution < -0.4 is 20.5 Å². The molecule has 1 amide bonds. The number of anilines is 1. The number of carbonyl (C=O) groups excluding carboxylic acids is 1. The molecule has 1 atom stereocenters. The summed E-state index contributed by atoms with van der Waals surface area (Å²) in [4.78, 5) is 11.8. The van der Waals surface area contributed by atoms with Crippen molar-refractivity contribution in [3.8, 4) is 11.5 Å². The number of nitrogens with two attached hydrogens (primary N) is 1. The van der Waals surface area contributed by atoms with E-state index in [0.717, 1.165) is 5.75 Å². The Bertz CT molecular complexity index is 475. The monoisotopic (exact) mass is 320 g/mol. The van der Waals surface area contributed by atoms with Crippen LogP contribution in [-0.2, 0) is 4.79 Å². The zero-order valence-electron chi connectivity index (χ0n) is 11.8. The van der Waals surface area contributed by atoms with E-state index in [1.54, 1.807) is 11.8 Å². The van der Waals surface area contributed by atoms with Crippen LogP contribution >= 0.6 is 11.8 Å². The highest BCUT2D eigenvalue weighted by atomic mass is 32.2.